The van der Waals surface area contributed by atoms with Crippen LogP contribution in [0.4, 0.5) is 13.2 Å². The third-order valence-electron chi connectivity index (χ3n) is 2.76. The van der Waals surface area contributed by atoms with Crippen molar-refractivity contribution in [2.45, 2.75) is 20.0 Å². The van der Waals surface area contributed by atoms with Gasteiger partial charge in [0.15, 0.2) is 0 Å². The molecule has 1 aromatic carbocycles. The molecule has 1 fully saturated rings. The molecule has 0 N–H and O–H groups in total. The molecule has 1 aliphatic rings. The number of hydrogen-bond acceptors (Lipinski definition) is 3. The molecule has 1 heterocycles. The van der Waals surface area contributed by atoms with Crippen LogP contribution >= 0.6 is 0 Å². The summed E-state index contributed by atoms with van der Waals surface area (Å²) in [7, 11) is -0.639. The van der Waals surface area contributed by atoms with Gasteiger partial charge in [-0.15, -0.1) is 0 Å². The molecule has 9 heteroatoms. The number of halogens is 3. The molecule has 0 radical (unpaired) electrons. The average Bonchev–Trinajstić information content (AvgIpc) is 2.46. The van der Waals surface area contributed by atoms with Crippen LogP contribution in [0.1, 0.15) is 16.7 Å². The van der Waals surface area contributed by atoms with E-state index >= 15 is 0 Å². The molecule has 1 aliphatic heterocycles. The minimum absolute atomic E-state index is 0.0471. The highest BCUT2D eigenvalue weighted by atomic mass is 19.1. The van der Waals surface area contributed by atoms with Crippen LogP contribution in [0.5, 0.6) is 0 Å². The third-order valence-corrected chi connectivity index (χ3v) is 2.76. The molecule has 94 valence electrons. The third kappa shape index (κ3) is 2.73. The molecule has 1 saturated heterocycles. The van der Waals surface area contributed by atoms with Crippen LogP contribution < -0.4 is 5.46 Å². The van der Waals surface area contributed by atoms with E-state index in [4.69, 9.17) is 13.7 Å². The normalized spacial score (nSPS) is 15.2. The molecule has 18 heavy (non-hydrogen) atoms. The standard InChI is InChI=1S/C9H10B3F3O3/c13-3-6-1-8(12-17-10-16-11-18-12)2-7(4-14)9(6)5-15/h1-2,10-11H,3-5H2. The monoisotopic (exact) mass is 256 g/mol. The fourth-order valence-electron chi connectivity index (χ4n) is 1.87. The summed E-state index contributed by atoms with van der Waals surface area (Å²) in [6.45, 7) is -2.61. The topological polar surface area (TPSA) is 27.7 Å². The summed E-state index contributed by atoms with van der Waals surface area (Å²) in [5, 5.41) is 0. The fraction of sp³-hybridized carbons (Fsp3) is 0.333. The maximum Gasteiger partial charge on any atom is 0.466 e. The van der Waals surface area contributed by atoms with E-state index in [0.717, 1.165) is 0 Å². The first-order chi connectivity index (χ1) is 8.80. The van der Waals surface area contributed by atoms with Gasteiger partial charge in [-0.2, -0.15) is 0 Å². The predicted octanol–water partition coefficient (Wildman–Crippen LogP) is 0.387. The van der Waals surface area contributed by atoms with Gasteiger partial charge in [0.2, 0.25) is 0 Å². The van der Waals surface area contributed by atoms with Gasteiger partial charge in [0, 0.05) is 0 Å². The quantitative estimate of drug-likeness (QED) is 0.729. The molecule has 0 aromatic heterocycles. The molecule has 0 spiro atoms. The first kappa shape index (κ1) is 13.5. The molecule has 0 aliphatic carbocycles. The molecule has 3 nitrogen and oxygen atoms in total. The van der Waals surface area contributed by atoms with E-state index in [1.807, 2.05) is 0 Å². The molecule has 2 rings (SSSR count). The molecule has 0 unspecified atom stereocenters. The maximum absolute atomic E-state index is 12.8. The van der Waals surface area contributed by atoms with Gasteiger partial charge in [-0.05, 0) is 22.2 Å². The molecule has 0 atom stereocenters. The van der Waals surface area contributed by atoms with Crippen LogP contribution in [0.15, 0.2) is 12.1 Å². The van der Waals surface area contributed by atoms with E-state index in [1.165, 1.54) is 12.1 Å². The van der Waals surface area contributed by atoms with Crippen molar-refractivity contribution in [3.63, 3.8) is 0 Å². The first-order valence-corrected chi connectivity index (χ1v) is 5.43. The highest BCUT2D eigenvalue weighted by Crippen LogP contribution is 2.18. The van der Waals surface area contributed by atoms with Crippen molar-refractivity contribution in [2.75, 3.05) is 0 Å². The Kier molecular flexibility index (Phi) is 4.74. The van der Waals surface area contributed by atoms with E-state index < -0.39 is 27.1 Å². The number of benzene rings is 1. The zero-order valence-corrected chi connectivity index (χ0v) is 9.63. The highest BCUT2D eigenvalue weighted by molar-refractivity contribution is 6.71. The predicted molar refractivity (Wildman–Crippen MR) is 63.8 cm³/mol. The van der Waals surface area contributed by atoms with Crippen LogP contribution in [-0.4, -0.2) is 22.5 Å². The van der Waals surface area contributed by atoms with E-state index in [0.29, 0.717) is 5.46 Å². The SMILES string of the molecule is FCc1cc(B2OBOBO2)cc(CF)c1CF. The lowest BCUT2D eigenvalue weighted by atomic mass is 9.73. The Labute approximate surface area is 104 Å². The Morgan fingerprint density at radius 1 is 0.944 bits per heavy atom. The largest absolute Gasteiger partial charge is 0.466 e. The van der Waals surface area contributed by atoms with Crippen LogP contribution in [0.25, 0.3) is 0 Å². The van der Waals surface area contributed by atoms with Gasteiger partial charge < -0.3 is 13.7 Å². The minimum atomic E-state index is -0.895. The molecular weight excluding hydrogens is 246 g/mol. The zero-order chi connectivity index (χ0) is 13.0. The van der Waals surface area contributed by atoms with Gasteiger partial charge in [0.05, 0.1) is 0 Å². The summed E-state index contributed by atoms with van der Waals surface area (Å²) in [5.41, 5.74) is 0.786. The van der Waals surface area contributed by atoms with Crippen molar-refractivity contribution in [2.24, 2.45) is 0 Å². The molecule has 1 aromatic rings. The smallest absolute Gasteiger partial charge is 0.458 e. The van der Waals surface area contributed by atoms with Crippen LogP contribution in [0.3, 0.4) is 0 Å². The lowest BCUT2D eigenvalue weighted by molar-refractivity contribution is 0.333. The maximum atomic E-state index is 12.8. The average molecular weight is 256 g/mol. The first-order valence-electron chi connectivity index (χ1n) is 5.43. The Morgan fingerprint density at radius 3 is 1.94 bits per heavy atom. The summed E-state index contributed by atoms with van der Waals surface area (Å²) in [4.78, 5) is 0. The van der Waals surface area contributed by atoms with Gasteiger partial charge in [-0.25, -0.2) is 13.2 Å². The summed E-state index contributed by atoms with van der Waals surface area (Å²) < 4.78 is 53.6. The van der Waals surface area contributed by atoms with E-state index in [-0.39, 0.29) is 32.1 Å². The lowest BCUT2D eigenvalue weighted by Gasteiger charge is -2.21. The van der Waals surface area contributed by atoms with E-state index in [9.17, 15) is 13.2 Å². The fourth-order valence-corrected chi connectivity index (χ4v) is 1.87. The molecule has 0 amide bonds. The number of alkyl halides is 3. The highest BCUT2D eigenvalue weighted by Gasteiger charge is 2.27. The summed E-state index contributed by atoms with van der Waals surface area (Å²) >= 11 is 0. The Balaban J connectivity index is 2.35. The Bertz CT molecular complexity index is 390. The van der Waals surface area contributed by atoms with E-state index in [1.54, 1.807) is 0 Å². The second-order valence-electron chi connectivity index (χ2n) is 3.82. The van der Waals surface area contributed by atoms with Crippen molar-refractivity contribution in [3.8, 4) is 0 Å². The minimum Gasteiger partial charge on any atom is -0.458 e. The van der Waals surface area contributed by atoms with Crippen LogP contribution in [0, 0.1) is 0 Å². The summed E-state index contributed by atoms with van der Waals surface area (Å²) in [6.07, 6.45) is 0. The van der Waals surface area contributed by atoms with Gasteiger partial charge in [0.1, 0.15) is 20.0 Å². The van der Waals surface area contributed by atoms with Gasteiger partial charge in [0.25, 0.3) is 0 Å². The number of hydrogen-bond donors (Lipinski definition) is 0. The number of rotatable bonds is 4. The lowest BCUT2D eigenvalue weighted by Crippen LogP contribution is -2.44. The van der Waals surface area contributed by atoms with E-state index in [2.05, 4.69) is 0 Å². The molecule has 0 saturated carbocycles. The van der Waals surface area contributed by atoms with Gasteiger partial charge in [-0.1, -0.05) is 12.1 Å². The van der Waals surface area contributed by atoms with Crippen molar-refractivity contribution < 1.29 is 26.9 Å². The molecular formula is C9H10B3F3O3. The van der Waals surface area contributed by atoms with Crippen LogP contribution in [-0.2, 0) is 33.7 Å². The van der Waals surface area contributed by atoms with Crippen molar-refractivity contribution in [1.82, 2.24) is 0 Å². The summed E-state index contributed by atoms with van der Waals surface area (Å²) in [5.74, 6) is 0. The Morgan fingerprint density at radius 2 is 1.50 bits per heavy atom. The van der Waals surface area contributed by atoms with Crippen molar-refractivity contribution in [3.05, 3.63) is 28.8 Å². The van der Waals surface area contributed by atoms with Crippen molar-refractivity contribution in [1.29, 1.82) is 0 Å². The Hall–Kier alpha value is -0.915. The second kappa shape index (κ2) is 6.31. The van der Waals surface area contributed by atoms with Gasteiger partial charge in [-0.3, -0.25) is 0 Å². The second-order valence-corrected chi connectivity index (χ2v) is 3.82. The molecule has 0 bridgehead atoms. The van der Waals surface area contributed by atoms with Crippen LogP contribution in [0.2, 0.25) is 0 Å². The van der Waals surface area contributed by atoms with Gasteiger partial charge >= 0.3 is 22.5 Å². The zero-order valence-electron chi connectivity index (χ0n) is 9.63. The van der Waals surface area contributed by atoms with Crippen molar-refractivity contribution >= 4 is 28.0 Å². The summed E-state index contributed by atoms with van der Waals surface area (Å²) in [6, 6.07) is 2.87.